The summed E-state index contributed by atoms with van der Waals surface area (Å²) in [7, 11) is 3.08. The smallest absolute Gasteiger partial charge is 0.349 e. The van der Waals surface area contributed by atoms with Gasteiger partial charge in [0.1, 0.15) is 28.4 Å². The third-order valence-electron chi connectivity index (χ3n) is 5.96. The normalized spacial score (nSPS) is 10.9. The molecular formula is C28H20N2O7. The van der Waals surface area contributed by atoms with Gasteiger partial charge in [0.2, 0.25) is 0 Å². The van der Waals surface area contributed by atoms with Crippen molar-refractivity contribution in [3.8, 4) is 50.9 Å². The van der Waals surface area contributed by atoms with Crippen molar-refractivity contribution in [1.29, 1.82) is 0 Å². The van der Waals surface area contributed by atoms with Crippen LogP contribution in [-0.2, 0) is 0 Å². The molecule has 0 radical (unpaired) electrons. The van der Waals surface area contributed by atoms with E-state index in [1.54, 1.807) is 73.8 Å². The highest BCUT2D eigenvalue weighted by Crippen LogP contribution is 2.39. The summed E-state index contributed by atoms with van der Waals surface area (Å²) in [5.41, 5.74) is 1.80. The van der Waals surface area contributed by atoms with Gasteiger partial charge in [-0.15, -0.1) is 0 Å². The van der Waals surface area contributed by atoms with Gasteiger partial charge in [-0.05, 0) is 54.1 Å². The van der Waals surface area contributed by atoms with E-state index in [-0.39, 0.29) is 28.3 Å². The molecule has 0 aliphatic rings. The molecule has 1 N–H and O–H groups in total. The number of non-ortho nitro benzene ring substituents is 1. The Hall–Kier alpha value is -5.18. The average Bonchev–Trinajstić information content (AvgIpc) is 2.92. The highest BCUT2D eigenvalue weighted by Gasteiger charge is 2.20. The van der Waals surface area contributed by atoms with E-state index in [0.29, 0.717) is 39.3 Å². The Balaban J connectivity index is 1.78. The van der Waals surface area contributed by atoms with Crippen LogP contribution in [0.15, 0.2) is 88.1 Å². The number of rotatable bonds is 6. The highest BCUT2D eigenvalue weighted by atomic mass is 16.6. The fourth-order valence-electron chi connectivity index (χ4n) is 4.11. The number of hydrogen-bond acceptors (Lipinski definition) is 8. The van der Waals surface area contributed by atoms with Gasteiger partial charge in [0.05, 0.1) is 35.9 Å². The minimum absolute atomic E-state index is 0.0650. The zero-order chi connectivity index (χ0) is 26.1. The molecule has 2 heterocycles. The average molecular weight is 496 g/mol. The Labute approximate surface area is 210 Å². The first-order valence-electron chi connectivity index (χ1n) is 11.1. The van der Waals surface area contributed by atoms with Crippen molar-refractivity contribution >= 4 is 16.7 Å². The maximum atomic E-state index is 13.0. The van der Waals surface area contributed by atoms with E-state index in [0.717, 1.165) is 0 Å². The maximum Gasteiger partial charge on any atom is 0.349 e. The third kappa shape index (κ3) is 4.34. The first-order valence-corrected chi connectivity index (χ1v) is 11.1. The molecule has 0 amide bonds. The summed E-state index contributed by atoms with van der Waals surface area (Å²) in [6, 6.07) is 21.3. The van der Waals surface area contributed by atoms with Crippen molar-refractivity contribution in [3.05, 3.63) is 99.4 Å². The van der Waals surface area contributed by atoms with Gasteiger partial charge in [-0.3, -0.25) is 10.1 Å². The van der Waals surface area contributed by atoms with Crippen LogP contribution >= 0.6 is 0 Å². The Morgan fingerprint density at radius 2 is 1.62 bits per heavy atom. The summed E-state index contributed by atoms with van der Waals surface area (Å²) in [5, 5.41) is 22.5. The minimum atomic E-state index is -0.753. The molecule has 0 saturated carbocycles. The fraction of sp³-hybridized carbons (Fsp3) is 0.0714. The van der Waals surface area contributed by atoms with E-state index in [1.165, 1.54) is 19.2 Å². The molecule has 9 heteroatoms. The maximum absolute atomic E-state index is 13.0. The molecule has 2 aromatic heterocycles. The monoisotopic (exact) mass is 496 g/mol. The van der Waals surface area contributed by atoms with Crippen molar-refractivity contribution in [3.63, 3.8) is 0 Å². The topological polar surface area (TPSA) is 125 Å². The van der Waals surface area contributed by atoms with Crippen LogP contribution in [0, 0.1) is 10.1 Å². The summed E-state index contributed by atoms with van der Waals surface area (Å²) in [5.74, 6) is 0.854. The number of nitrogens with zero attached hydrogens (tertiary/aromatic N) is 2. The van der Waals surface area contributed by atoms with E-state index in [9.17, 15) is 20.0 Å². The lowest BCUT2D eigenvalue weighted by Crippen LogP contribution is -2.05. The van der Waals surface area contributed by atoms with Gasteiger partial charge >= 0.3 is 5.63 Å². The number of benzene rings is 3. The van der Waals surface area contributed by atoms with Crippen molar-refractivity contribution in [2.75, 3.05) is 14.2 Å². The van der Waals surface area contributed by atoms with Gasteiger partial charge < -0.3 is 19.0 Å². The van der Waals surface area contributed by atoms with E-state index in [1.807, 2.05) is 0 Å². The molecule has 0 spiro atoms. The molecule has 0 atom stereocenters. The molecule has 5 rings (SSSR count). The second kappa shape index (κ2) is 9.46. The van der Waals surface area contributed by atoms with Crippen LogP contribution < -0.4 is 15.1 Å². The van der Waals surface area contributed by atoms with Gasteiger partial charge in [-0.25, -0.2) is 9.78 Å². The Morgan fingerprint density at radius 1 is 0.892 bits per heavy atom. The lowest BCUT2D eigenvalue weighted by Gasteiger charge is -2.14. The number of fused-ring (bicyclic) bond motifs is 1. The van der Waals surface area contributed by atoms with Gasteiger partial charge in [-0.1, -0.05) is 12.1 Å². The van der Waals surface area contributed by atoms with Crippen LogP contribution in [0.4, 0.5) is 5.69 Å². The Bertz CT molecular complexity index is 1710. The summed E-state index contributed by atoms with van der Waals surface area (Å²) in [4.78, 5) is 28.3. The third-order valence-corrected chi connectivity index (χ3v) is 5.96. The van der Waals surface area contributed by atoms with Gasteiger partial charge in [-0.2, -0.15) is 0 Å². The van der Waals surface area contributed by atoms with Crippen LogP contribution in [0.25, 0.3) is 44.6 Å². The van der Waals surface area contributed by atoms with Crippen molar-refractivity contribution in [1.82, 2.24) is 4.98 Å². The van der Waals surface area contributed by atoms with Gasteiger partial charge in [0, 0.05) is 29.3 Å². The van der Waals surface area contributed by atoms with Crippen molar-refractivity contribution < 1.29 is 23.9 Å². The van der Waals surface area contributed by atoms with E-state index >= 15 is 0 Å². The lowest BCUT2D eigenvalue weighted by molar-refractivity contribution is -0.384. The molecule has 0 fully saturated rings. The van der Waals surface area contributed by atoms with Crippen LogP contribution in [0.1, 0.15) is 0 Å². The minimum Gasteiger partial charge on any atom is -0.506 e. The number of pyridine rings is 1. The molecule has 0 unspecified atom stereocenters. The Morgan fingerprint density at radius 3 is 2.32 bits per heavy atom. The number of aromatic hydroxyl groups is 1. The van der Waals surface area contributed by atoms with Crippen molar-refractivity contribution in [2.45, 2.75) is 0 Å². The molecule has 0 aliphatic heterocycles. The number of methoxy groups -OCH3 is 2. The van der Waals surface area contributed by atoms with E-state index in [4.69, 9.17) is 13.9 Å². The van der Waals surface area contributed by atoms with Gasteiger partial charge in [0.25, 0.3) is 5.69 Å². The summed E-state index contributed by atoms with van der Waals surface area (Å²) in [6.45, 7) is 0. The first-order chi connectivity index (χ1) is 17.9. The molecule has 0 aliphatic carbocycles. The van der Waals surface area contributed by atoms with Crippen LogP contribution in [0.3, 0.4) is 0 Å². The zero-order valence-electron chi connectivity index (χ0n) is 19.8. The number of nitro groups is 1. The predicted molar refractivity (Wildman–Crippen MR) is 138 cm³/mol. The number of para-hydroxylation sites is 1. The van der Waals surface area contributed by atoms with E-state index in [2.05, 4.69) is 4.98 Å². The molecule has 5 aromatic rings. The molecular weight excluding hydrogens is 476 g/mol. The number of nitro benzene ring substituents is 1. The molecule has 9 nitrogen and oxygen atoms in total. The van der Waals surface area contributed by atoms with Crippen LogP contribution in [0.5, 0.6) is 17.2 Å². The van der Waals surface area contributed by atoms with Gasteiger partial charge in [0.15, 0.2) is 0 Å². The molecule has 3 aromatic carbocycles. The number of aromatic nitrogens is 1. The molecule has 0 bridgehead atoms. The summed E-state index contributed by atoms with van der Waals surface area (Å²) < 4.78 is 16.3. The second-order valence-corrected chi connectivity index (χ2v) is 8.11. The summed E-state index contributed by atoms with van der Waals surface area (Å²) >= 11 is 0. The molecule has 0 saturated heterocycles. The lowest BCUT2D eigenvalue weighted by atomic mass is 9.98. The number of ether oxygens (including phenoxy) is 2. The molecule has 37 heavy (non-hydrogen) atoms. The zero-order valence-corrected chi connectivity index (χ0v) is 19.8. The second-order valence-electron chi connectivity index (χ2n) is 8.11. The van der Waals surface area contributed by atoms with Crippen molar-refractivity contribution in [2.24, 2.45) is 0 Å². The largest absolute Gasteiger partial charge is 0.506 e. The van der Waals surface area contributed by atoms with Crippen LogP contribution in [0.2, 0.25) is 0 Å². The predicted octanol–water partition coefficient (Wildman–Crippen LogP) is 5.82. The first kappa shape index (κ1) is 23.6. The quantitative estimate of drug-likeness (QED) is 0.177. The fourth-order valence-corrected chi connectivity index (χ4v) is 4.11. The highest BCUT2D eigenvalue weighted by molar-refractivity contribution is 5.91. The number of hydrogen-bond donors (Lipinski definition) is 1. The SMILES string of the molecule is COc1ccc(-c2cc(-c3ccc([N+](=O)[O-])cc3)nc(-c3c(O)c4ccccc4oc3=O)c2)c(OC)c1. The standard InChI is InChI=1S/C28H20N2O7/c1-35-19-11-12-20(25(15-19)36-2)17-13-22(16-7-9-18(10-8-16)30(33)34)29-23(14-17)26-27(31)21-5-3-4-6-24(21)37-28(26)32/h3-15,31H,1-2H3. The van der Waals surface area contributed by atoms with E-state index < -0.39 is 10.5 Å². The molecule has 184 valence electrons. The Kier molecular flexibility index (Phi) is 6.02. The van der Waals surface area contributed by atoms with Crippen LogP contribution in [-0.4, -0.2) is 29.2 Å². The summed E-state index contributed by atoms with van der Waals surface area (Å²) in [6.07, 6.45) is 0.